The molecule has 0 fully saturated rings. The Morgan fingerprint density at radius 1 is 1.30 bits per heavy atom. The molecule has 2 aromatic rings. The van der Waals surface area contributed by atoms with Gasteiger partial charge in [-0.05, 0) is 38.5 Å². The Morgan fingerprint density at radius 3 is 2.70 bits per heavy atom. The molecular weight excluding hydrogens is 434 g/mol. The summed E-state index contributed by atoms with van der Waals surface area (Å²) in [5.74, 6) is -1.62. The van der Waals surface area contributed by atoms with Crippen LogP contribution in [-0.2, 0) is 25.5 Å². The summed E-state index contributed by atoms with van der Waals surface area (Å²) in [6.45, 7) is 5.01. The Kier molecular flexibility index (Phi) is 6.85. The second kappa shape index (κ2) is 9.59. The Bertz CT molecular complexity index is 1050. The predicted octanol–water partition coefficient (Wildman–Crippen LogP) is 1.66. The molecule has 5 N–H and O–H groups in total. The summed E-state index contributed by atoms with van der Waals surface area (Å²) in [5, 5.41) is 17.0. The van der Waals surface area contributed by atoms with Gasteiger partial charge in [0.1, 0.15) is 17.4 Å². The molecule has 0 aliphatic carbocycles. The summed E-state index contributed by atoms with van der Waals surface area (Å²) < 4.78 is 10.8. The zero-order chi connectivity index (χ0) is 24.2. The predicted molar refractivity (Wildman–Crippen MR) is 116 cm³/mol. The monoisotopic (exact) mass is 459 g/mol. The van der Waals surface area contributed by atoms with Gasteiger partial charge >= 0.3 is 12.1 Å². The lowest BCUT2D eigenvalue weighted by atomic mass is 10.0. The number of benzene rings is 1. The molecule has 0 saturated heterocycles. The number of aliphatic carboxylic acids is 1. The van der Waals surface area contributed by atoms with Crippen LogP contribution in [0.4, 0.5) is 16.4 Å². The number of ether oxygens (including phenoxy) is 2. The molecule has 1 aromatic heterocycles. The normalized spacial score (nSPS) is 16.0. The van der Waals surface area contributed by atoms with Gasteiger partial charge in [0.15, 0.2) is 6.10 Å². The van der Waals surface area contributed by atoms with Crippen molar-refractivity contribution in [1.82, 2.24) is 15.3 Å². The smallest absolute Gasteiger partial charge is 0.408 e. The molecule has 0 spiro atoms. The summed E-state index contributed by atoms with van der Waals surface area (Å²) in [6, 6.07) is 3.49. The van der Waals surface area contributed by atoms with Gasteiger partial charge in [0.05, 0.1) is 12.1 Å². The number of hydrogen-bond acceptors (Lipinski definition) is 7. The lowest BCUT2D eigenvalue weighted by Gasteiger charge is -2.26. The number of anilines is 2. The van der Waals surface area contributed by atoms with E-state index < -0.39 is 41.6 Å². The number of carbonyl (C=O) groups excluding carboxylic acids is 3. The molecule has 0 bridgehead atoms. The summed E-state index contributed by atoms with van der Waals surface area (Å²) in [7, 11) is 0. The third kappa shape index (κ3) is 6.69. The first-order valence-corrected chi connectivity index (χ1v) is 10.1. The number of carboxylic acids is 1. The zero-order valence-corrected chi connectivity index (χ0v) is 18.3. The standard InChI is InChI=1S/C21H25N5O7/c1-21(2,3)33-20(31)25-13(18(29)30)9-11-4-5-14-12(8-11)24-17(28)15(32-14)10-16(27)26-19-22-6-7-23-19/h4-8,13,15H,9-10H2,1-3H3,(H,24,28)(H,25,31)(H,29,30)(H2,22,23,26,27). The van der Waals surface area contributed by atoms with E-state index in [2.05, 4.69) is 25.9 Å². The van der Waals surface area contributed by atoms with Crippen molar-refractivity contribution in [3.63, 3.8) is 0 Å². The van der Waals surface area contributed by atoms with E-state index >= 15 is 0 Å². The van der Waals surface area contributed by atoms with Crippen molar-refractivity contribution in [2.75, 3.05) is 10.6 Å². The average molecular weight is 459 g/mol. The maximum atomic E-state index is 12.4. The van der Waals surface area contributed by atoms with Crippen LogP contribution >= 0.6 is 0 Å². The molecule has 12 nitrogen and oxygen atoms in total. The van der Waals surface area contributed by atoms with E-state index in [1.54, 1.807) is 45.2 Å². The number of amides is 3. The SMILES string of the molecule is CC(C)(C)OC(=O)NC(Cc1ccc2c(c1)NC(=O)C(CC(=O)Nc1ncc[nH]1)O2)C(=O)O. The van der Waals surface area contributed by atoms with Crippen LogP contribution in [-0.4, -0.2) is 56.7 Å². The molecule has 1 aromatic carbocycles. The van der Waals surface area contributed by atoms with Crippen LogP contribution in [0.15, 0.2) is 30.6 Å². The number of hydrogen-bond donors (Lipinski definition) is 5. The highest BCUT2D eigenvalue weighted by atomic mass is 16.6. The fourth-order valence-corrected chi connectivity index (χ4v) is 3.03. The van der Waals surface area contributed by atoms with Gasteiger partial charge in [-0.2, -0.15) is 0 Å². The Labute approximate surface area is 189 Å². The first-order chi connectivity index (χ1) is 15.5. The largest absolute Gasteiger partial charge is 0.480 e. The number of carbonyl (C=O) groups is 4. The third-order valence-corrected chi connectivity index (χ3v) is 4.42. The number of H-pyrrole nitrogens is 1. The number of rotatable bonds is 7. The van der Waals surface area contributed by atoms with Gasteiger partial charge in [0.2, 0.25) is 11.9 Å². The molecule has 33 heavy (non-hydrogen) atoms. The van der Waals surface area contributed by atoms with Crippen molar-refractivity contribution in [1.29, 1.82) is 0 Å². The number of alkyl carbamates (subject to hydrolysis) is 1. The van der Waals surface area contributed by atoms with Crippen LogP contribution in [0.25, 0.3) is 0 Å². The fourth-order valence-electron chi connectivity index (χ4n) is 3.03. The molecule has 2 atom stereocenters. The lowest BCUT2D eigenvalue weighted by Crippen LogP contribution is -2.44. The molecule has 0 saturated carbocycles. The molecule has 12 heteroatoms. The molecule has 2 unspecified atom stereocenters. The Hall–Kier alpha value is -4.09. The highest BCUT2D eigenvalue weighted by Crippen LogP contribution is 2.31. The van der Waals surface area contributed by atoms with Crippen molar-refractivity contribution in [2.24, 2.45) is 0 Å². The highest BCUT2D eigenvalue weighted by Gasteiger charge is 2.31. The van der Waals surface area contributed by atoms with Gasteiger partial charge in [0.25, 0.3) is 5.91 Å². The molecule has 2 heterocycles. The van der Waals surface area contributed by atoms with Crippen LogP contribution in [0, 0.1) is 0 Å². The van der Waals surface area contributed by atoms with Gasteiger partial charge in [0, 0.05) is 18.8 Å². The van der Waals surface area contributed by atoms with Gasteiger partial charge in [-0.25, -0.2) is 14.6 Å². The highest BCUT2D eigenvalue weighted by molar-refractivity contribution is 6.01. The second-order valence-electron chi connectivity index (χ2n) is 8.36. The van der Waals surface area contributed by atoms with Gasteiger partial charge in [-0.15, -0.1) is 0 Å². The fraction of sp³-hybridized carbons (Fsp3) is 0.381. The zero-order valence-electron chi connectivity index (χ0n) is 18.3. The van der Waals surface area contributed by atoms with E-state index in [9.17, 15) is 24.3 Å². The minimum atomic E-state index is -1.24. The minimum absolute atomic E-state index is 0.0489. The number of fused-ring (bicyclic) bond motifs is 1. The number of aromatic amines is 1. The molecule has 176 valence electrons. The molecular formula is C21H25N5O7. The summed E-state index contributed by atoms with van der Waals surface area (Å²) in [5.41, 5.74) is 0.100. The van der Waals surface area contributed by atoms with Crippen molar-refractivity contribution in [3.8, 4) is 5.75 Å². The van der Waals surface area contributed by atoms with Crippen molar-refractivity contribution in [2.45, 2.75) is 51.4 Å². The first kappa shape index (κ1) is 23.6. The van der Waals surface area contributed by atoms with Crippen LogP contribution < -0.4 is 20.7 Å². The number of aromatic nitrogens is 2. The number of imidazole rings is 1. The Balaban J connectivity index is 1.63. The van der Waals surface area contributed by atoms with Gasteiger partial charge < -0.3 is 30.2 Å². The number of nitrogens with one attached hydrogen (secondary N) is 4. The van der Waals surface area contributed by atoms with Crippen LogP contribution in [0.2, 0.25) is 0 Å². The molecule has 1 aliphatic heterocycles. The van der Waals surface area contributed by atoms with Crippen LogP contribution in [0.1, 0.15) is 32.8 Å². The van der Waals surface area contributed by atoms with E-state index in [1.165, 1.54) is 6.20 Å². The van der Waals surface area contributed by atoms with E-state index in [-0.39, 0.29) is 18.8 Å². The lowest BCUT2D eigenvalue weighted by molar-refractivity contribution is -0.139. The van der Waals surface area contributed by atoms with Crippen LogP contribution in [0.5, 0.6) is 5.75 Å². The van der Waals surface area contributed by atoms with Crippen molar-refractivity contribution < 1.29 is 33.8 Å². The van der Waals surface area contributed by atoms with Crippen molar-refractivity contribution in [3.05, 3.63) is 36.2 Å². The summed E-state index contributed by atoms with van der Waals surface area (Å²) in [6.07, 6.45) is 0.858. The first-order valence-electron chi connectivity index (χ1n) is 10.1. The average Bonchev–Trinajstić information content (AvgIpc) is 3.19. The summed E-state index contributed by atoms with van der Waals surface area (Å²) in [4.78, 5) is 54.7. The molecule has 3 amide bonds. The second-order valence-corrected chi connectivity index (χ2v) is 8.36. The van der Waals surface area contributed by atoms with E-state index in [0.29, 0.717) is 17.0 Å². The number of nitrogens with zero attached hydrogens (tertiary/aromatic N) is 1. The quantitative estimate of drug-likeness (QED) is 0.416. The summed E-state index contributed by atoms with van der Waals surface area (Å²) >= 11 is 0. The van der Waals surface area contributed by atoms with Gasteiger partial charge in [-0.3, -0.25) is 14.9 Å². The van der Waals surface area contributed by atoms with E-state index in [1.807, 2.05) is 0 Å². The van der Waals surface area contributed by atoms with E-state index in [0.717, 1.165) is 0 Å². The number of carboxylic acid groups (broad SMARTS) is 1. The maximum Gasteiger partial charge on any atom is 0.408 e. The minimum Gasteiger partial charge on any atom is -0.480 e. The van der Waals surface area contributed by atoms with Crippen LogP contribution in [0.3, 0.4) is 0 Å². The van der Waals surface area contributed by atoms with Gasteiger partial charge in [-0.1, -0.05) is 6.07 Å². The third-order valence-electron chi connectivity index (χ3n) is 4.42. The Morgan fingerprint density at radius 2 is 2.06 bits per heavy atom. The van der Waals surface area contributed by atoms with E-state index in [4.69, 9.17) is 9.47 Å². The molecule has 3 rings (SSSR count). The molecule has 0 radical (unpaired) electrons. The van der Waals surface area contributed by atoms with Crippen molar-refractivity contribution >= 4 is 35.5 Å². The molecule has 1 aliphatic rings. The maximum absolute atomic E-state index is 12.4. The topological polar surface area (TPSA) is 172 Å².